The summed E-state index contributed by atoms with van der Waals surface area (Å²) in [6.07, 6.45) is 5.98. The highest BCUT2D eigenvalue weighted by atomic mass is 16.5. The molecule has 0 amide bonds. The number of hydrogen-bond donors (Lipinski definition) is 1. The average Bonchev–Trinajstić information content (AvgIpc) is 2.54. The first-order valence-electron chi connectivity index (χ1n) is 8.68. The third-order valence-electron chi connectivity index (χ3n) is 4.49. The lowest BCUT2D eigenvalue weighted by molar-refractivity contribution is -0.0538. The molecule has 3 nitrogen and oxygen atoms in total. The molecule has 22 heavy (non-hydrogen) atoms. The average molecular weight is 305 g/mol. The van der Waals surface area contributed by atoms with Crippen molar-refractivity contribution < 1.29 is 9.47 Å². The fraction of sp³-hybridized carbons (Fsp3) is 0.684. The van der Waals surface area contributed by atoms with Crippen LogP contribution in [0, 0.1) is 0 Å². The van der Waals surface area contributed by atoms with Crippen LogP contribution in [0.4, 0.5) is 0 Å². The third-order valence-corrected chi connectivity index (χ3v) is 4.49. The molecule has 124 valence electrons. The molecule has 0 radical (unpaired) electrons. The van der Waals surface area contributed by atoms with Gasteiger partial charge in [-0.15, -0.1) is 0 Å². The van der Waals surface area contributed by atoms with Gasteiger partial charge in [-0.1, -0.05) is 30.3 Å². The molecule has 1 aromatic carbocycles. The van der Waals surface area contributed by atoms with Crippen LogP contribution in [0.1, 0.15) is 51.5 Å². The van der Waals surface area contributed by atoms with Crippen LogP contribution in [0.3, 0.4) is 0 Å². The van der Waals surface area contributed by atoms with Crippen molar-refractivity contribution in [3.63, 3.8) is 0 Å². The minimum atomic E-state index is 0.0979. The first kappa shape index (κ1) is 17.5. The van der Waals surface area contributed by atoms with E-state index < -0.39 is 0 Å². The Hall–Kier alpha value is -0.900. The van der Waals surface area contributed by atoms with Crippen LogP contribution >= 0.6 is 0 Å². The second-order valence-corrected chi connectivity index (χ2v) is 6.65. The molecule has 3 heteroatoms. The predicted molar refractivity (Wildman–Crippen MR) is 91.0 cm³/mol. The second kappa shape index (κ2) is 9.29. The Labute approximate surface area is 135 Å². The lowest BCUT2D eigenvalue weighted by atomic mass is 9.94. The highest BCUT2D eigenvalue weighted by molar-refractivity contribution is 5.13. The van der Waals surface area contributed by atoms with E-state index in [4.69, 9.17) is 9.47 Å². The molecule has 1 fully saturated rings. The van der Waals surface area contributed by atoms with Crippen LogP contribution in [0.5, 0.6) is 0 Å². The van der Waals surface area contributed by atoms with Gasteiger partial charge in [0.2, 0.25) is 0 Å². The maximum absolute atomic E-state index is 6.10. The summed E-state index contributed by atoms with van der Waals surface area (Å²) in [5.41, 5.74) is 1.34. The maximum atomic E-state index is 6.10. The van der Waals surface area contributed by atoms with Gasteiger partial charge in [0.25, 0.3) is 0 Å². The van der Waals surface area contributed by atoms with Crippen LogP contribution in [0.2, 0.25) is 0 Å². The number of ether oxygens (including phenoxy) is 2. The Morgan fingerprint density at radius 2 is 1.86 bits per heavy atom. The highest BCUT2D eigenvalue weighted by Gasteiger charge is 2.26. The Morgan fingerprint density at radius 3 is 2.59 bits per heavy atom. The molecule has 1 unspecified atom stereocenters. The van der Waals surface area contributed by atoms with E-state index in [9.17, 15) is 0 Å². The Bertz CT molecular complexity index is 401. The highest BCUT2D eigenvalue weighted by Crippen LogP contribution is 2.22. The van der Waals surface area contributed by atoms with Crippen LogP contribution in [-0.4, -0.2) is 31.4 Å². The minimum Gasteiger partial charge on any atom is -0.375 e. The lowest BCUT2D eigenvalue weighted by Gasteiger charge is -2.34. The van der Waals surface area contributed by atoms with Gasteiger partial charge in [0.15, 0.2) is 0 Å². The smallest absolute Gasteiger partial charge is 0.0720 e. The first-order valence-corrected chi connectivity index (χ1v) is 8.68. The van der Waals surface area contributed by atoms with E-state index in [2.05, 4.69) is 43.4 Å². The van der Waals surface area contributed by atoms with Gasteiger partial charge in [-0.2, -0.15) is 0 Å². The zero-order valence-electron chi connectivity index (χ0n) is 14.1. The summed E-state index contributed by atoms with van der Waals surface area (Å²) in [5.74, 6) is 0. The molecule has 1 aromatic rings. The van der Waals surface area contributed by atoms with Gasteiger partial charge in [-0.3, -0.25) is 0 Å². The molecule has 0 saturated carbocycles. The quantitative estimate of drug-likeness (QED) is 0.701. The maximum Gasteiger partial charge on any atom is 0.0720 e. The number of piperidine rings is 1. The number of rotatable bonds is 9. The van der Waals surface area contributed by atoms with Gasteiger partial charge < -0.3 is 14.8 Å². The van der Waals surface area contributed by atoms with Crippen molar-refractivity contribution in [2.75, 3.05) is 19.7 Å². The van der Waals surface area contributed by atoms with E-state index in [1.54, 1.807) is 0 Å². The van der Waals surface area contributed by atoms with E-state index in [0.29, 0.717) is 12.7 Å². The van der Waals surface area contributed by atoms with Gasteiger partial charge in [0.1, 0.15) is 0 Å². The molecule has 0 aliphatic carbocycles. The summed E-state index contributed by atoms with van der Waals surface area (Å²) in [7, 11) is 0. The standard InChI is InChI=1S/C19H31NO2/c1-17(21-16-18-9-4-3-5-10-18)8-6-7-15-22-19(2)11-13-20-14-12-19/h3-5,9-10,17,20H,6-8,11-16H2,1-2H3. The van der Waals surface area contributed by atoms with E-state index in [1.807, 2.05) is 6.07 Å². The van der Waals surface area contributed by atoms with Crippen molar-refractivity contribution >= 4 is 0 Å². The van der Waals surface area contributed by atoms with E-state index >= 15 is 0 Å². The van der Waals surface area contributed by atoms with Crippen LogP contribution in [0.25, 0.3) is 0 Å². The molecule has 1 aliphatic rings. The van der Waals surface area contributed by atoms with E-state index in [-0.39, 0.29) is 5.60 Å². The molecule has 1 N–H and O–H groups in total. The van der Waals surface area contributed by atoms with Gasteiger partial charge >= 0.3 is 0 Å². The summed E-state index contributed by atoms with van der Waals surface area (Å²) in [6.45, 7) is 8.17. The summed E-state index contributed by atoms with van der Waals surface area (Å²) < 4.78 is 12.0. The van der Waals surface area contributed by atoms with Crippen LogP contribution < -0.4 is 5.32 Å². The van der Waals surface area contributed by atoms with Gasteiger partial charge in [0.05, 0.1) is 18.3 Å². The fourth-order valence-corrected chi connectivity index (χ4v) is 2.85. The van der Waals surface area contributed by atoms with Crippen molar-refractivity contribution in [1.82, 2.24) is 5.32 Å². The van der Waals surface area contributed by atoms with Gasteiger partial charge in [-0.25, -0.2) is 0 Å². The van der Waals surface area contributed by atoms with Crippen molar-refractivity contribution in [1.29, 1.82) is 0 Å². The Kier molecular flexibility index (Phi) is 7.37. The number of hydrogen-bond acceptors (Lipinski definition) is 3. The zero-order valence-corrected chi connectivity index (χ0v) is 14.1. The SMILES string of the molecule is CC(CCCCOC1(C)CCNCC1)OCc1ccccc1. The fourth-order valence-electron chi connectivity index (χ4n) is 2.85. The van der Waals surface area contributed by atoms with Crippen molar-refractivity contribution in [2.24, 2.45) is 0 Å². The number of benzene rings is 1. The molecular formula is C19H31NO2. The molecule has 0 bridgehead atoms. The number of nitrogens with one attached hydrogen (secondary N) is 1. The summed E-state index contributed by atoms with van der Waals surface area (Å²) in [6, 6.07) is 10.4. The van der Waals surface area contributed by atoms with Crippen LogP contribution in [0.15, 0.2) is 30.3 Å². The van der Waals surface area contributed by atoms with Crippen molar-refractivity contribution in [3.8, 4) is 0 Å². The second-order valence-electron chi connectivity index (χ2n) is 6.65. The van der Waals surface area contributed by atoms with E-state index in [0.717, 1.165) is 45.4 Å². The third kappa shape index (κ3) is 6.47. The molecule has 0 spiro atoms. The summed E-state index contributed by atoms with van der Waals surface area (Å²) in [4.78, 5) is 0. The normalized spacial score (nSPS) is 19.0. The Balaban J connectivity index is 1.51. The largest absolute Gasteiger partial charge is 0.375 e. The minimum absolute atomic E-state index is 0.0979. The van der Waals surface area contributed by atoms with Crippen molar-refractivity contribution in [2.45, 2.75) is 64.3 Å². The van der Waals surface area contributed by atoms with Gasteiger partial charge in [0, 0.05) is 6.61 Å². The number of unbranched alkanes of at least 4 members (excludes halogenated alkanes) is 1. The molecule has 1 saturated heterocycles. The first-order chi connectivity index (χ1) is 10.7. The molecule has 1 atom stereocenters. The topological polar surface area (TPSA) is 30.5 Å². The molecule has 0 aromatic heterocycles. The summed E-state index contributed by atoms with van der Waals surface area (Å²) >= 11 is 0. The molecule has 2 rings (SSSR count). The van der Waals surface area contributed by atoms with E-state index in [1.165, 1.54) is 12.0 Å². The lowest BCUT2D eigenvalue weighted by Crippen LogP contribution is -2.41. The monoisotopic (exact) mass is 305 g/mol. The molecule has 1 aliphatic heterocycles. The Morgan fingerprint density at radius 1 is 1.14 bits per heavy atom. The van der Waals surface area contributed by atoms with Crippen LogP contribution in [-0.2, 0) is 16.1 Å². The summed E-state index contributed by atoms with van der Waals surface area (Å²) in [5, 5.41) is 3.39. The predicted octanol–water partition coefficient (Wildman–Crippen LogP) is 3.92. The molecule has 1 heterocycles. The van der Waals surface area contributed by atoms with Crippen molar-refractivity contribution in [3.05, 3.63) is 35.9 Å². The molecular weight excluding hydrogens is 274 g/mol. The zero-order chi connectivity index (χ0) is 15.7. The van der Waals surface area contributed by atoms with Gasteiger partial charge in [-0.05, 0) is 64.6 Å².